The molecule has 0 aliphatic carbocycles. The van der Waals surface area contributed by atoms with Crippen molar-refractivity contribution in [1.82, 2.24) is 20.2 Å². The van der Waals surface area contributed by atoms with Gasteiger partial charge < -0.3 is 15.1 Å². The van der Waals surface area contributed by atoms with E-state index in [4.69, 9.17) is 11.6 Å². The molecule has 3 atom stereocenters. The van der Waals surface area contributed by atoms with E-state index in [1.165, 1.54) is 12.6 Å². The Morgan fingerprint density at radius 1 is 1.35 bits per heavy atom. The summed E-state index contributed by atoms with van der Waals surface area (Å²) in [5, 5.41) is 3.33. The maximum atomic E-state index is 12.7. The van der Waals surface area contributed by atoms with Crippen molar-refractivity contribution in [3.63, 3.8) is 0 Å². The van der Waals surface area contributed by atoms with Crippen LogP contribution in [0.25, 0.3) is 0 Å². The first-order chi connectivity index (χ1) is 12.3. The summed E-state index contributed by atoms with van der Waals surface area (Å²) >= 11 is 6.18. The predicted molar refractivity (Wildman–Crippen MR) is 107 cm³/mol. The summed E-state index contributed by atoms with van der Waals surface area (Å²) in [5.74, 6) is 1.71. The van der Waals surface area contributed by atoms with Crippen LogP contribution in [0.1, 0.15) is 51.5 Å². The van der Waals surface area contributed by atoms with E-state index in [1.807, 2.05) is 25.7 Å². The Morgan fingerprint density at radius 2 is 1.96 bits per heavy atom. The molecule has 146 valence electrons. The van der Waals surface area contributed by atoms with Crippen LogP contribution in [0.4, 0.5) is 5.95 Å². The van der Waals surface area contributed by atoms with Gasteiger partial charge in [-0.1, -0.05) is 25.4 Å². The topological polar surface area (TPSA) is 61.4 Å². The van der Waals surface area contributed by atoms with E-state index in [2.05, 4.69) is 34.0 Å². The highest BCUT2D eigenvalue weighted by molar-refractivity contribution is 6.33. The largest absolute Gasteiger partial charge is 0.347 e. The number of nitrogens with zero attached hydrogens (tertiary/aromatic N) is 4. The van der Waals surface area contributed by atoms with Crippen LogP contribution < -0.4 is 10.2 Å². The van der Waals surface area contributed by atoms with Crippen LogP contribution in [0.2, 0.25) is 5.02 Å². The second-order valence-corrected chi connectivity index (χ2v) is 7.99. The van der Waals surface area contributed by atoms with Crippen LogP contribution in [0.5, 0.6) is 0 Å². The monoisotopic (exact) mass is 381 g/mol. The number of carbonyl (C=O) groups is 1. The lowest BCUT2D eigenvalue weighted by molar-refractivity contribution is 0.0900. The maximum absolute atomic E-state index is 12.7. The highest BCUT2D eigenvalue weighted by atomic mass is 35.5. The van der Waals surface area contributed by atoms with E-state index < -0.39 is 0 Å². The van der Waals surface area contributed by atoms with Gasteiger partial charge in [0.05, 0.1) is 11.2 Å². The fraction of sp³-hybridized carbons (Fsp3) is 0.737. The highest BCUT2D eigenvalue weighted by Crippen LogP contribution is 2.21. The third-order valence-corrected chi connectivity index (χ3v) is 5.12. The number of hydrogen-bond donors (Lipinski definition) is 1. The number of amides is 1. The average molecular weight is 382 g/mol. The second kappa shape index (κ2) is 9.51. The number of halogens is 1. The molecule has 1 N–H and O–H groups in total. The lowest BCUT2D eigenvalue weighted by atomic mass is 9.92. The van der Waals surface area contributed by atoms with Crippen molar-refractivity contribution >= 4 is 23.5 Å². The number of likely N-dealkylation sites (tertiary alicyclic amines) is 1. The molecule has 1 amide bonds. The fourth-order valence-electron chi connectivity index (χ4n) is 3.84. The van der Waals surface area contributed by atoms with Gasteiger partial charge in [-0.2, -0.15) is 0 Å². The van der Waals surface area contributed by atoms with E-state index in [1.54, 1.807) is 0 Å². The summed E-state index contributed by atoms with van der Waals surface area (Å²) in [5.41, 5.74) is 0.246. The zero-order chi connectivity index (χ0) is 19.3. The Hall–Kier alpha value is -1.40. The number of hydrogen-bond acceptors (Lipinski definition) is 5. The first-order valence-electron chi connectivity index (χ1n) is 9.64. The van der Waals surface area contributed by atoms with Gasteiger partial charge >= 0.3 is 0 Å². The molecule has 1 aromatic heterocycles. The summed E-state index contributed by atoms with van der Waals surface area (Å²) in [6.07, 6.45) is 2.79. The molecule has 7 heteroatoms. The summed E-state index contributed by atoms with van der Waals surface area (Å²) in [6.45, 7) is 15.3. The number of aromatic nitrogens is 2. The Morgan fingerprint density at radius 3 is 2.54 bits per heavy atom. The van der Waals surface area contributed by atoms with Gasteiger partial charge in [0, 0.05) is 38.8 Å². The van der Waals surface area contributed by atoms with Crippen molar-refractivity contribution in [3.8, 4) is 0 Å². The first kappa shape index (κ1) is 20.9. The minimum atomic E-state index is -0.239. The molecule has 1 saturated heterocycles. The lowest BCUT2D eigenvalue weighted by Gasteiger charge is -2.36. The first-order valence-corrected chi connectivity index (χ1v) is 10.0. The quantitative estimate of drug-likeness (QED) is 0.786. The van der Waals surface area contributed by atoms with E-state index >= 15 is 0 Å². The SMILES string of the molecule is CCN(CC)c1ncc(Cl)c(C(=O)NC(C)CN2CC(C)CC(C)C2)n1. The molecule has 0 saturated carbocycles. The van der Waals surface area contributed by atoms with Gasteiger partial charge in [0.25, 0.3) is 5.91 Å². The molecule has 0 spiro atoms. The zero-order valence-corrected chi connectivity index (χ0v) is 17.4. The van der Waals surface area contributed by atoms with Gasteiger partial charge in [0.1, 0.15) is 0 Å². The highest BCUT2D eigenvalue weighted by Gasteiger charge is 2.24. The van der Waals surface area contributed by atoms with Gasteiger partial charge in [0.2, 0.25) is 5.95 Å². The molecule has 2 heterocycles. The van der Waals surface area contributed by atoms with Crippen molar-refractivity contribution in [2.24, 2.45) is 11.8 Å². The molecular formula is C19H32ClN5O. The van der Waals surface area contributed by atoms with Crippen LogP contribution in [0.15, 0.2) is 6.20 Å². The third-order valence-electron chi connectivity index (χ3n) is 4.85. The molecule has 0 bridgehead atoms. The van der Waals surface area contributed by atoms with Crippen molar-refractivity contribution in [2.75, 3.05) is 37.6 Å². The smallest absolute Gasteiger partial charge is 0.271 e. The van der Waals surface area contributed by atoms with Crippen molar-refractivity contribution < 1.29 is 4.79 Å². The maximum Gasteiger partial charge on any atom is 0.271 e. The summed E-state index contributed by atoms with van der Waals surface area (Å²) in [7, 11) is 0. The number of carbonyl (C=O) groups excluding carboxylic acids is 1. The Kier molecular flexibility index (Phi) is 7.65. The summed E-state index contributed by atoms with van der Waals surface area (Å²) < 4.78 is 0. The van der Waals surface area contributed by atoms with Gasteiger partial charge in [-0.25, -0.2) is 9.97 Å². The van der Waals surface area contributed by atoms with E-state index in [9.17, 15) is 4.79 Å². The van der Waals surface area contributed by atoms with Gasteiger partial charge in [-0.15, -0.1) is 0 Å². The number of piperidine rings is 1. The Labute approximate surface area is 162 Å². The molecular weight excluding hydrogens is 350 g/mol. The number of anilines is 1. The minimum absolute atomic E-state index is 0.0305. The van der Waals surface area contributed by atoms with Crippen LogP contribution >= 0.6 is 11.6 Å². The van der Waals surface area contributed by atoms with Crippen LogP contribution in [-0.2, 0) is 0 Å². The van der Waals surface area contributed by atoms with Crippen molar-refractivity contribution in [2.45, 2.75) is 47.1 Å². The summed E-state index contributed by atoms with van der Waals surface area (Å²) in [4.78, 5) is 25.7. The Balaban J connectivity index is 2.01. The molecule has 1 aromatic rings. The molecule has 2 rings (SSSR count). The zero-order valence-electron chi connectivity index (χ0n) is 16.6. The third kappa shape index (κ3) is 5.55. The van der Waals surface area contributed by atoms with Crippen LogP contribution in [0, 0.1) is 11.8 Å². The van der Waals surface area contributed by atoms with Gasteiger partial charge in [0.15, 0.2) is 5.69 Å². The molecule has 1 aliphatic rings. The molecule has 1 fully saturated rings. The summed E-state index contributed by atoms with van der Waals surface area (Å²) in [6, 6.07) is 0.0305. The van der Waals surface area contributed by atoms with Crippen molar-refractivity contribution in [3.05, 3.63) is 16.9 Å². The number of nitrogens with one attached hydrogen (secondary N) is 1. The van der Waals surface area contributed by atoms with Crippen molar-refractivity contribution in [1.29, 1.82) is 0 Å². The van der Waals surface area contributed by atoms with Crippen LogP contribution in [-0.4, -0.2) is 59.5 Å². The van der Waals surface area contributed by atoms with Gasteiger partial charge in [-0.05, 0) is 39.0 Å². The molecule has 6 nitrogen and oxygen atoms in total. The normalized spacial score (nSPS) is 22.1. The minimum Gasteiger partial charge on any atom is -0.347 e. The van der Waals surface area contributed by atoms with E-state index in [-0.39, 0.29) is 22.7 Å². The van der Waals surface area contributed by atoms with E-state index in [0.717, 1.165) is 32.7 Å². The van der Waals surface area contributed by atoms with E-state index in [0.29, 0.717) is 17.8 Å². The standard InChI is InChI=1S/C19H32ClN5O/c1-6-25(7-2)19-21-9-16(20)17(23-19)18(26)22-15(5)12-24-10-13(3)8-14(4)11-24/h9,13-15H,6-8,10-12H2,1-5H3,(H,22,26). The predicted octanol–water partition coefficient (Wildman–Crippen LogP) is 3.07. The molecule has 0 radical (unpaired) electrons. The second-order valence-electron chi connectivity index (χ2n) is 7.58. The van der Waals surface area contributed by atoms with Gasteiger partial charge in [-0.3, -0.25) is 4.79 Å². The van der Waals surface area contributed by atoms with Crippen LogP contribution in [0.3, 0.4) is 0 Å². The number of rotatable bonds is 7. The molecule has 26 heavy (non-hydrogen) atoms. The molecule has 0 aromatic carbocycles. The Bertz CT molecular complexity index is 598. The molecule has 1 aliphatic heterocycles. The fourth-order valence-corrected chi connectivity index (χ4v) is 4.02. The lowest BCUT2D eigenvalue weighted by Crippen LogP contribution is -2.47. The average Bonchev–Trinajstić information content (AvgIpc) is 2.56. The molecule has 3 unspecified atom stereocenters.